The van der Waals surface area contributed by atoms with Crippen molar-refractivity contribution in [3.05, 3.63) is 96.3 Å². The second-order valence-electron chi connectivity index (χ2n) is 4.84. The third-order valence-electron chi connectivity index (χ3n) is 3.13. The second kappa shape index (κ2) is 6.71. The lowest BCUT2D eigenvalue weighted by molar-refractivity contribution is 0.0659. The van der Waals surface area contributed by atoms with Crippen molar-refractivity contribution in [3.8, 4) is 0 Å². The standard InChI is InChI=1S/C19H18O2/c1-14(2)15(3)21-19(17-12-8-5-9-13-17)18(20)16-10-6-4-7-11-16/h4-13,19H,1,3H2,2H3. The van der Waals surface area contributed by atoms with Crippen molar-refractivity contribution in [1.29, 1.82) is 0 Å². The molecule has 0 aliphatic carbocycles. The van der Waals surface area contributed by atoms with E-state index in [2.05, 4.69) is 13.2 Å². The molecule has 0 fully saturated rings. The van der Waals surface area contributed by atoms with E-state index >= 15 is 0 Å². The summed E-state index contributed by atoms with van der Waals surface area (Å²) >= 11 is 0. The van der Waals surface area contributed by atoms with Crippen LogP contribution in [0.2, 0.25) is 0 Å². The fraction of sp³-hybridized carbons (Fsp3) is 0.105. The number of rotatable bonds is 6. The van der Waals surface area contributed by atoms with Crippen molar-refractivity contribution in [2.24, 2.45) is 0 Å². The van der Waals surface area contributed by atoms with E-state index in [0.717, 1.165) is 5.56 Å². The van der Waals surface area contributed by atoms with Crippen molar-refractivity contribution in [1.82, 2.24) is 0 Å². The summed E-state index contributed by atoms with van der Waals surface area (Å²) in [6.45, 7) is 9.42. The third-order valence-corrected chi connectivity index (χ3v) is 3.13. The average molecular weight is 278 g/mol. The Balaban J connectivity index is 2.34. The Hall–Kier alpha value is -2.61. The molecule has 0 spiro atoms. The van der Waals surface area contributed by atoms with E-state index < -0.39 is 6.10 Å². The van der Waals surface area contributed by atoms with Gasteiger partial charge >= 0.3 is 0 Å². The Morgan fingerprint density at radius 2 is 1.48 bits per heavy atom. The normalized spacial score (nSPS) is 11.5. The Bertz CT molecular complexity index is 642. The van der Waals surface area contributed by atoms with Crippen LogP contribution in [0.1, 0.15) is 28.9 Å². The lowest BCUT2D eigenvalue weighted by atomic mass is 9.99. The summed E-state index contributed by atoms with van der Waals surface area (Å²) in [6.07, 6.45) is -0.710. The van der Waals surface area contributed by atoms with Gasteiger partial charge in [-0.25, -0.2) is 0 Å². The molecule has 0 aromatic heterocycles. The molecule has 1 atom stereocenters. The fourth-order valence-electron chi connectivity index (χ4n) is 1.90. The summed E-state index contributed by atoms with van der Waals surface area (Å²) < 4.78 is 5.77. The largest absolute Gasteiger partial charge is 0.478 e. The first-order valence-electron chi connectivity index (χ1n) is 6.75. The molecule has 0 aliphatic heterocycles. The Labute approximate surface area is 125 Å². The van der Waals surface area contributed by atoms with Gasteiger partial charge in [0.15, 0.2) is 6.10 Å². The van der Waals surface area contributed by atoms with E-state index in [9.17, 15) is 4.79 Å². The van der Waals surface area contributed by atoms with Crippen LogP contribution < -0.4 is 0 Å². The predicted molar refractivity (Wildman–Crippen MR) is 85.0 cm³/mol. The highest BCUT2D eigenvalue weighted by Crippen LogP contribution is 2.26. The van der Waals surface area contributed by atoms with Crippen LogP contribution in [0.3, 0.4) is 0 Å². The number of carbonyl (C=O) groups excluding carboxylic acids is 1. The molecule has 2 nitrogen and oxygen atoms in total. The van der Waals surface area contributed by atoms with Gasteiger partial charge in [0.05, 0.1) is 0 Å². The van der Waals surface area contributed by atoms with Crippen LogP contribution in [0.4, 0.5) is 0 Å². The molecule has 0 radical (unpaired) electrons. The van der Waals surface area contributed by atoms with E-state index in [1.165, 1.54) is 0 Å². The van der Waals surface area contributed by atoms with Crippen LogP contribution in [0, 0.1) is 0 Å². The maximum absolute atomic E-state index is 12.7. The topological polar surface area (TPSA) is 26.3 Å². The zero-order valence-electron chi connectivity index (χ0n) is 12.1. The van der Waals surface area contributed by atoms with Crippen molar-refractivity contribution in [2.45, 2.75) is 13.0 Å². The summed E-state index contributed by atoms with van der Waals surface area (Å²) in [5.41, 5.74) is 2.12. The molecule has 2 rings (SSSR count). The summed E-state index contributed by atoms with van der Waals surface area (Å²) in [5.74, 6) is 0.331. The van der Waals surface area contributed by atoms with E-state index in [-0.39, 0.29) is 5.78 Å². The molecule has 2 heteroatoms. The van der Waals surface area contributed by atoms with E-state index in [0.29, 0.717) is 16.9 Å². The lowest BCUT2D eigenvalue weighted by Gasteiger charge is -2.20. The molecule has 21 heavy (non-hydrogen) atoms. The number of ether oxygens (including phenoxy) is 1. The zero-order chi connectivity index (χ0) is 15.2. The molecule has 106 valence electrons. The van der Waals surface area contributed by atoms with Crippen molar-refractivity contribution < 1.29 is 9.53 Å². The molecular formula is C19H18O2. The Kier molecular flexibility index (Phi) is 4.72. The quantitative estimate of drug-likeness (QED) is 0.434. The highest BCUT2D eigenvalue weighted by atomic mass is 16.5. The van der Waals surface area contributed by atoms with Gasteiger partial charge in [-0.15, -0.1) is 0 Å². The highest BCUT2D eigenvalue weighted by Gasteiger charge is 2.24. The molecule has 0 N–H and O–H groups in total. The molecule has 0 heterocycles. The Morgan fingerprint density at radius 1 is 0.952 bits per heavy atom. The molecular weight excluding hydrogens is 260 g/mol. The average Bonchev–Trinajstić information content (AvgIpc) is 2.53. The second-order valence-corrected chi connectivity index (χ2v) is 4.84. The van der Waals surface area contributed by atoms with Gasteiger partial charge in [0.2, 0.25) is 5.78 Å². The molecule has 0 bridgehead atoms. The first kappa shape index (κ1) is 14.8. The smallest absolute Gasteiger partial charge is 0.207 e. The molecule has 0 amide bonds. The summed E-state index contributed by atoms with van der Waals surface area (Å²) in [7, 11) is 0. The number of hydrogen-bond acceptors (Lipinski definition) is 2. The van der Waals surface area contributed by atoms with E-state index in [4.69, 9.17) is 4.74 Å². The Morgan fingerprint density at radius 3 is 2.00 bits per heavy atom. The third kappa shape index (κ3) is 3.69. The predicted octanol–water partition coefficient (Wildman–Crippen LogP) is 4.72. The number of carbonyl (C=O) groups is 1. The van der Waals surface area contributed by atoms with Crippen molar-refractivity contribution in [3.63, 3.8) is 0 Å². The van der Waals surface area contributed by atoms with Crippen molar-refractivity contribution >= 4 is 5.78 Å². The van der Waals surface area contributed by atoms with Gasteiger partial charge in [0.25, 0.3) is 0 Å². The van der Waals surface area contributed by atoms with Crippen LogP contribution in [0.25, 0.3) is 0 Å². The summed E-state index contributed by atoms with van der Waals surface area (Å²) in [4.78, 5) is 12.7. The molecule has 2 aromatic carbocycles. The van der Waals surface area contributed by atoms with Crippen LogP contribution in [-0.2, 0) is 4.74 Å². The zero-order valence-corrected chi connectivity index (χ0v) is 12.1. The number of ketones is 1. The van der Waals surface area contributed by atoms with Gasteiger partial charge in [-0.05, 0) is 12.5 Å². The maximum atomic E-state index is 12.7. The van der Waals surface area contributed by atoms with Crippen LogP contribution >= 0.6 is 0 Å². The van der Waals surface area contributed by atoms with E-state index in [1.54, 1.807) is 19.1 Å². The first-order chi connectivity index (χ1) is 10.1. The highest BCUT2D eigenvalue weighted by molar-refractivity contribution is 6.00. The minimum atomic E-state index is -0.710. The van der Waals surface area contributed by atoms with Gasteiger partial charge in [-0.1, -0.05) is 73.8 Å². The van der Waals surface area contributed by atoms with Crippen LogP contribution in [0.5, 0.6) is 0 Å². The van der Waals surface area contributed by atoms with Crippen molar-refractivity contribution in [2.75, 3.05) is 0 Å². The monoisotopic (exact) mass is 278 g/mol. The summed E-state index contributed by atoms with van der Waals surface area (Å²) in [5, 5.41) is 0. The number of allylic oxidation sites excluding steroid dienone is 1. The molecule has 0 saturated heterocycles. The first-order valence-corrected chi connectivity index (χ1v) is 6.75. The molecule has 0 saturated carbocycles. The van der Waals surface area contributed by atoms with Gasteiger partial charge in [-0.3, -0.25) is 4.79 Å². The number of hydrogen-bond donors (Lipinski definition) is 0. The fourth-order valence-corrected chi connectivity index (χ4v) is 1.90. The SMILES string of the molecule is C=C(C)C(=C)OC(C(=O)c1ccccc1)c1ccccc1. The van der Waals surface area contributed by atoms with Crippen LogP contribution in [0.15, 0.2) is 85.2 Å². The number of benzene rings is 2. The summed E-state index contributed by atoms with van der Waals surface area (Å²) in [6, 6.07) is 18.5. The molecule has 0 aliphatic rings. The maximum Gasteiger partial charge on any atom is 0.207 e. The van der Waals surface area contributed by atoms with Crippen LogP contribution in [-0.4, -0.2) is 5.78 Å². The molecule has 2 aromatic rings. The van der Waals surface area contributed by atoms with Gasteiger partial charge in [0, 0.05) is 11.1 Å². The number of Topliss-reactive ketones (excluding diaryl/α,β-unsaturated/α-hetero) is 1. The van der Waals surface area contributed by atoms with Gasteiger partial charge < -0.3 is 4.74 Å². The lowest BCUT2D eigenvalue weighted by Crippen LogP contribution is -2.16. The minimum absolute atomic E-state index is 0.0933. The van der Waals surface area contributed by atoms with Gasteiger partial charge in [-0.2, -0.15) is 0 Å². The van der Waals surface area contributed by atoms with E-state index in [1.807, 2.05) is 48.5 Å². The minimum Gasteiger partial charge on any atom is -0.478 e. The van der Waals surface area contributed by atoms with Gasteiger partial charge in [0.1, 0.15) is 5.76 Å². The molecule has 1 unspecified atom stereocenters.